The number of halogens is 3. The van der Waals surface area contributed by atoms with Gasteiger partial charge >= 0.3 is 0 Å². The second kappa shape index (κ2) is 4.45. The third kappa shape index (κ3) is 2.13. The summed E-state index contributed by atoms with van der Waals surface area (Å²) < 4.78 is 12.5. The number of pyridine rings is 1. The average Bonchev–Trinajstić information content (AvgIpc) is 2.28. The van der Waals surface area contributed by atoms with Gasteiger partial charge in [0.1, 0.15) is 6.67 Å². The Hall–Kier alpha value is -0.670. The summed E-state index contributed by atoms with van der Waals surface area (Å²) in [4.78, 5) is 4.16. The lowest BCUT2D eigenvalue weighted by molar-refractivity contribution is 0.477. The zero-order chi connectivity index (χ0) is 10.8. The molecule has 78 valence electrons. The fraction of sp³-hybridized carbons (Fsp3) is 0.182. The zero-order valence-electron chi connectivity index (χ0n) is 7.80. The maximum Gasteiger partial charge on any atom is 0.131 e. The molecule has 0 aliphatic rings. The standard InChI is InChI=1S/C11H8BrClFN/c12-5-7-1-2-11-9(3-7)10(13)4-8(6-14)15-11/h1-4H,5-6H2. The van der Waals surface area contributed by atoms with Gasteiger partial charge in [0.25, 0.3) is 0 Å². The lowest BCUT2D eigenvalue weighted by atomic mass is 10.1. The Morgan fingerprint density at radius 1 is 1.33 bits per heavy atom. The first-order valence-electron chi connectivity index (χ1n) is 4.44. The van der Waals surface area contributed by atoms with E-state index in [2.05, 4.69) is 20.9 Å². The molecule has 0 bridgehead atoms. The van der Waals surface area contributed by atoms with Gasteiger partial charge in [-0.3, -0.25) is 0 Å². The van der Waals surface area contributed by atoms with E-state index in [0.29, 0.717) is 10.7 Å². The highest BCUT2D eigenvalue weighted by atomic mass is 79.9. The quantitative estimate of drug-likeness (QED) is 0.753. The fourth-order valence-corrected chi connectivity index (χ4v) is 2.06. The second-order valence-corrected chi connectivity index (χ2v) is 4.18. The van der Waals surface area contributed by atoms with Crippen LogP contribution in [0.4, 0.5) is 4.39 Å². The van der Waals surface area contributed by atoms with Crippen LogP contribution in [0.1, 0.15) is 11.3 Å². The smallest absolute Gasteiger partial charge is 0.131 e. The van der Waals surface area contributed by atoms with E-state index in [1.54, 1.807) is 6.07 Å². The van der Waals surface area contributed by atoms with Gasteiger partial charge in [-0.1, -0.05) is 33.6 Å². The maximum absolute atomic E-state index is 12.5. The number of rotatable bonds is 2. The first-order chi connectivity index (χ1) is 7.24. The molecule has 1 aromatic carbocycles. The summed E-state index contributed by atoms with van der Waals surface area (Å²) >= 11 is 9.42. The molecule has 0 spiro atoms. The molecule has 0 aliphatic heterocycles. The molecule has 0 saturated carbocycles. The molecular formula is C11H8BrClFN. The number of aromatic nitrogens is 1. The first kappa shape index (κ1) is 10.8. The highest BCUT2D eigenvalue weighted by Gasteiger charge is 2.04. The molecule has 0 amide bonds. The molecule has 0 radical (unpaired) electrons. The van der Waals surface area contributed by atoms with Crippen LogP contribution in [-0.4, -0.2) is 4.98 Å². The topological polar surface area (TPSA) is 12.9 Å². The van der Waals surface area contributed by atoms with Gasteiger partial charge in [0.2, 0.25) is 0 Å². The van der Waals surface area contributed by atoms with Crippen LogP contribution in [0.15, 0.2) is 24.3 Å². The summed E-state index contributed by atoms with van der Waals surface area (Å²) in [6.45, 7) is -0.587. The minimum absolute atomic E-state index is 0.374. The summed E-state index contributed by atoms with van der Waals surface area (Å²) in [5, 5.41) is 2.19. The highest BCUT2D eigenvalue weighted by molar-refractivity contribution is 9.08. The summed E-state index contributed by atoms with van der Waals surface area (Å²) in [6, 6.07) is 7.34. The predicted molar refractivity (Wildman–Crippen MR) is 64.2 cm³/mol. The summed E-state index contributed by atoms with van der Waals surface area (Å²) in [6.07, 6.45) is 0. The van der Waals surface area contributed by atoms with Crippen molar-refractivity contribution in [1.82, 2.24) is 4.98 Å². The van der Waals surface area contributed by atoms with Gasteiger partial charge in [0, 0.05) is 10.7 Å². The van der Waals surface area contributed by atoms with Gasteiger partial charge in [-0.25, -0.2) is 9.37 Å². The zero-order valence-corrected chi connectivity index (χ0v) is 10.1. The van der Waals surface area contributed by atoms with Gasteiger partial charge in [-0.2, -0.15) is 0 Å². The number of alkyl halides is 2. The number of hydrogen-bond acceptors (Lipinski definition) is 1. The van der Waals surface area contributed by atoms with Crippen LogP contribution >= 0.6 is 27.5 Å². The Morgan fingerprint density at radius 2 is 2.13 bits per heavy atom. The Balaban J connectivity index is 2.68. The van der Waals surface area contributed by atoms with Crippen molar-refractivity contribution < 1.29 is 4.39 Å². The van der Waals surface area contributed by atoms with Crippen molar-refractivity contribution in [2.75, 3.05) is 0 Å². The van der Waals surface area contributed by atoms with Gasteiger partial charge in [-0.15, -0.1) is 0 Å². The van der Waals surface area contributed by atoms with E-state index >= 15 is 0 Å². The summed E-state index contributed by atoms with van der Waals surface area (Å²) in [5.74, 6) is 0. The second-order valence-electron chi connectivity index (χ2n) is 3.21. The number of fused-ring (bicyclic) bond motifs is 1. The van der Waals surface area contributed by atoms with Crippen molar-refractivity contribution in [3.63, 3.8) is 0 Å². The lowest BCUT2D eigenvalue weighted by Crippen LogP contribution is -1.89. The number of hydrogen-bond donors (Lipinski definition) is 0. The van der Waals surface area contributed by atoms with Crippen LogP contribution in [0.2, 0.25) is 5.02 Å². The van der Waals surface area contributed by atoms with Crippen LogP contribution in [0.3, 0.4) is 0 Å². The van der Waals surface area contributed by atoms with Crippen molar-refractivity contribution in [2.45, 2.75) is 12.0 Å². The van der Waals surface area contributed by atoms with E-state index in [1.807, 2.05) is 18.2 Å². The monoisotopic (exact) mass is 287 g/mol. The molecule has 4 heteroatoms. The molecule has 1 aromatic heterocycles. The molecule has 15 heavy (non-hydrogen) atoms. The van der Waals surface area contributed by atoms with Crippen LogP contribution in [-0.2, 0) is 12.0 Å². The van der Waals surface area contributed by atoms with Gasteiger partial charge < -0.3 is 0 Å². The molecule has 0 unspecified atom stereocenters. The van der Waals surface area contributed by atoms with E-state index in [0.717, 1.165) is 21.8 Å². The van der Waals surface area contributed by atoms with Crippen molar-refractivity contribution in [1.29, 1.82) is 0 Å². The van der Waals surface area contributed by atoms with E-state index in [4.69, 9.17) is 11.6 Å². The SMILES string of the molecule is FCc1cc(Cl)c2cc(CBr)ccc2n1. The molecule has 0 atom stereocenters. The molecular weight excluding hydrogens is 280 g/mol. The predicted octanol–water partition coefficient (Wildman–Crippen LogP) is 4.25. The molecule has 0 N–H and O–H groups in total. The fourth-order valence-electron chi connectivity index (χ4n) is 1.43. The lowest BCUT2D eigenvalue weighted by Gasteiger charge is -2.04. The first-order valence-corrected chi connectivity index (χ1v) is 5.94. The van der Waals surface area contributed by atoms with Gasteiger partial charge in [0.15, 0.2) is 0 Å². The third-order valence-corrected chi connectivity index (χ3v) is 3.13. The molecule has 0 fully saturated rings. The van der Waals surface area contributed by atoms with Gasteiger partial charge in [-0.05, 0) is 23.8 Å². The van der Waals surface area contributed by atoms with E-state index in [-0.39, 0.29) is 0 Å². The Labute approximate surface area is 100 Å². The average molecular weight is 289 g/mol. The van der Waals surface area contributed by atoms with Crippen LogP contribution < -0.4 is 0 Å². The van der Waals surface area contributed by atoms with Crippen molar-refractivity contribution in [3.8, 4) is 0 Å². The van der Waals surface area contributed by atoms with Crippen molar-refractivity contribution >= 4 is 38.4 Å². The maximum atomic E-state index is 12.5. The molecule has 1 heterocycles. The minimum atomic E-state index is -0.587. The summed E-state index contributed by atoms with van der Waals surface area (Å²) in [5.41, 5.74) is 2.23. The Bertz CT molecular complexity index is 501. The Kier molecular flexibility index (Phi) is 3.22. The van der Waals surface area contributed by atoms with E-state index < -0.39 is 6.67 Å². The number of nitrogens with zero attached hydrogens (tertiary/aromatic N) is 1. The van der Waals surface area contributed by atoms with Crippen LogP contribution in [0, 0.1) is 0 Å². The molecule has 0 saturated heterocycles. The van der Waals surface area contributed by atoms with Crippen LogP contribution in [0.5, 0.6) is 0 Å². The molecule has 2 rings (SSSR count). The third-order valence-electron chi connectivity index (χ3n) is 2.17. The molecule has 0 aliphatic carbocycles. The molecule has 2 aromatic rings. The van der Waals surface area contributed by atoms with Crippen LogP contribution in [0.25, 0.3) is 10.9 Å². The van der Waals surface area contributed by atoms with E-state index in [1.165, 1.54) is 0 Å². The summed E-state index contributed by atoms with van der Waals surface area (Å²) in [7, 11) is 0. The van der Waals surface area contributed by atoms with Gasteiger partial charge in [0.05, 0.1) is 16.2 Å². The largest absolute Gasteiger partial charge is 0.250 e. The van der Waals surface area contributed by atoms with Crippen molar-refractivity contribution in [3.05, 3.63) is 40.5 Å². The van der Waals surface area contributed by atoms with E-state index in [9.17, 15) is 4.39 Å². The normalized spacial score (nSPS) is 10.9. The molecule has 1 nitrogen and oxygen atoms in total. The highest BCUT2D eigenvalue weighted by Crippen LogP contribution is 2.25. The minimum Gasteiger partial charge on any atom is -0.250 e. The van der Waals surface area contributed by atoms with Crippen molar-refractivity contribution in [2.24, 2.45) is 0 Å². The number of benzene rings is 1. The Morgan fingerprint density at radius 3 is 2.80 bits per heavy atom.